The van der Waals surface area contributed by atoms with Crippen LogP contribution in [0.1, 0.15) is 5.56 Å². The van der Waals surface area contributed by atoms with Crippen molar-refractivity contribution in [2.75, 3.05) is 11.9 Å². The van der Waals surface area contributed by atoms with Gasteiger partial charge in [-0.1, -0.05) is 12.1 Å². The average Bonchev–Trinajstić information content (AvgIpc) is 3.22. The number of amides is 2. The van der Waals surface area contributed by atoms with Crippen LogP contribution in [0.4, 0.5) is 18.9 Å². The van der Waals surface area contributed by atoms with Crippen LogP contribution >= 0.6 is 0 Å². The maximum absolute atomic E-state index is 12.1. The van der Waals surface area contributed by atoms with Crippen LogP contribution in [0.15, 0.2) is 67.0 Å². The number of alkyl halides is 3. The number of carbonyl (C=O) groups excluding carboxylic acids is 2. The molecule has 1 aromatic heterocycles. The Morgan fingerprint density at radius 2 is 1.70 bits per heavy atom. The molecule has 0 bridgehead atoms. The highest BCUT2D eigenvalue weighted by Gasteiger charge is 2.30. The molecule has 30 heavy (non-hydrogen) atoms. The fourth-order valence-electron chi connectivity index (χ4n) is 2.56. The number of hydrogen-bond donors (Lipinski definition) is 2. The predicted octanol–water partition coefficient (Wildman–Crippen LogP) is 3.07. The minimum Gasteiger partial charge on any atom is -0.406 e. The fraction of sp³-hybridized carbons (Fsp3) is 0.150. The summed E-state index contributed by atoms with van der Waals surface area (Å²) in [4.78, 5) is 23.9. The van der Waals surface area contributed by atoms with E-state index in [-0.39, 0.29) is 18.7 Å². The molecule has 0 saturated heterocycles. The molecule has 0 spiro atoms. The van der Waals surface area contributed by atoms with E-state index in [0.717, 1.165) is 17.8 Å². The lowest BCUT2D eigenvalue weighted by molar-refractivity contribution is -0.274. The van der Waals surface area contributed by atoms with Gasteiger partial charge < -0.3 is 15.4 Å². The zero-order chi connectivity index (χ0) is 21.6. The zero-order valence-corrected chi connectivity index (χ0v) is 15.5. The smallest absolute Gasteiger partial charge is 0.406 e. The lowest BCUT2D eigenvalue weighted by Crippen LogP contribution is -2.33. The molecule has 0 saturated carbocycles. The average molecular weight is 418 g/mol. The Balaban J connectivity index is 1.43. The first-order valence-corrected chi connectivity index (χ1v) is 8.80. The van der Waals surface area contributed by atoms with Gasteiger partial charge in [-0.05, 0) is 48.0 Å². The molecule has 0 radical (unpaired) electrons. The lowest BCUT2D eigenvalue weighted by Gasteiger charge is -2.10. The molecule has 2 aromatic carbocycles. The Hall–Kier alpha value is -3.82. The summed E-state index contributed by atoms with van der Waals surface area (Å²) in [6, 6.07) is 13.7. The second-order valence-electron chi connectivity index (χ2n) is 6.19. The van der Waals surface area contributed by atoms with Crippen LogP contribution in [-0.4, -0.2) is 34.5 Å². The standard InChI is InChI=1S/C20H17F3N4O3/c21-20(22,23)30-17-8-2-14(3-9-17)12-18(28)24-13-19(29)26-15-4-6-16(7-5-15)27-11-1-10-25-27/h1-11H,12-13H2,(H,24,28)(H,26,29). The van der Waals surface area contributed by atoms with E-state index in [1.165, 1.54) is 12.1 Å². The van der Waals surface area contributed by atoms with Gasteiger partial charge >= 0.3 is 6.36 Å². The van der Waals surface area contributed by atoms with Crippen LogP contribution in [-0.2, 0) is 16.0 Å². The molecule has 2 N–H and O–H groups in total. The maximum Gasteiger partial charge on any atom is 0.573 e. The van der Waals surface area contributed by atoms with Gasteiger partial charge in [-0.3, -0.25) is 9.59 Å². The first kappa shape index (κ1) is 20.9. The van der Waals surface area contributed by atoms with E-state index >= 15 is 0 Å². The van der Waals surface area contributed by atoms with Gasteiger partial charge in [0.25, 0.3) is 0 Å². The Labute approximate surface area is 169 Å². The molecule has 0 fully saturated rings. The van der Waals surface area contributed by atoms with Crippen LogP contribution in [0, 0.1) is 0 Å². The number of halogens is 3. The van der Waals surface area contributed by atoms with Crippen molar-refractivity contribution in [3.63, 3.8) is 0 Å². The Kier molecular flexibility index (Phi) is 6.35. The van der Waals surface area contributed by atoms with Gasteiger partial charge in [0, 0.05) is 18.1 Å². The van der Waals surface area contributed by atoms with Crippen molar-refractivity contribution < 1.29 is 27.5 Å². The first-order chi connectivity index (χ1) is 14.3. The summed E-state index contributed by atoms with van der Waals surface area (Å²) < 4.78 is 41.9. The van der Waals surface area contributed by atoms with Crippen molar-refractivity contribution in [3.8, 4) is 11.4 Å². The van der Waals surface area contributed by atoms with Crippen LogP contribution < -0.4 is 15.4 Å². The highest BCUT2D eigenvalue weighted by Crippen LogP contribution is 2.22. The molecule has 10 heteroatoms. The molecule has 3 rings (SSSR count). The van der Waals surface area contributed by atoms with Crippen molar-refractivity contribution >= 4 is 17.5 Å². The predicted molar refractivity (Wildman–Crippen MR) is 102 cm³/mol. The van der Waals surface area contributed by atoms with Gasteiger partial charge in [0.15, 0.2) is 0 Å². The van der Waals surface area contributed by atoms with E-state index in [1.807, 2.05) is 0 Å². The lowest BCUT2D eigenvalue weighted by atomic mass is 10.1. The number of nitrogens with zero attached hydrogens (tertiary/aromatic N) is 2. The number of ether oxygens (including phenoxy) is 1. The van der Waals surface area contributed by atoms with E-state index in [2.05, 4.69) is 20.5 Å². The molecular weight excluding hydrogens is 401 g/mol. The SMILES string of the molecule is O=C(Cc1ccc(OC(F)(F)F)cc1)NCC(=O)Nc1ccc(-n2cccn2)cc1. The third kappa shape index (κ3) is 6.36. The summed E-state index contributed by atoms with van der Waals surface area (Å²) in [7, 11) is 0. The summed E-state index contributed by atoms with van der Waals surface area (Å²) >= 11 is 0. The number of carbonyl (C=O) groups is 2. The van der Waals surface area contributed by atoms with Crippen LogP contribution in [0.5, 0.6) is 5.75 Å². The maximum atomic E-state index is 12.1. The summed E-state index contributed by atoms with van der Waals surface area (Å²) in [5, 5.41) is 9.22. The molecule has 2 amide bonds. The zero-order valence-electron chi connectivity index (χ0n) is 15.5. The normalized spacial score (nSPS) is 11.0. The highest BCUT2D eigenvalue weighted by atomic mass is 19.4. The molecule has 0 atom stereocenters. The number of hydrogen-bond acceptors (Lipinski definition) is 4. The molecule has 0 aliphatic heterocycles. The topological polar surface area (TPSA) is 85.2 Å². The van der Waals surface area contributed by atoms with Crippen molar-refractivity contribution in [2.45, 2.75) is 12.8 Å². The van der Waals surface area contributed by atoms with Crippen LogP contribution in [0.2, 0.25) is 0 Å². The summed E-state index contributed by atoms with van der Waals surface area (Å²) in [5.74, 6) is -1.22. The number of rotatable bonds is 7. The number of aromatic nitrogens is 2. The monoisotopic (exact) mass is 418 g/mol. The fourth-order valence-corrected chi connectivity index (χ4v) is 2.56. The van der Waals surface area contributed by atoms with Crippen molar-refractivity contribution in [1.29, 1.82) is 0 Å². The molecule has 0 unspecified atom stereocenters. The van der Waals surface area contributed by atoms with Crippen molar-refractivity contribution in [2.24, 2.45) is 0 Å². The quantitative estimate of drug-likeness (QED) is 0.618. The summed E-state index contributed by atoms with van der Waals surface area (Å²) in [5.41, 5.74) is 1.88. The molecular formula is C20H17F3N4O3. The Bertz CT molecular complexity index is 986. The first-order valence-electron chi connectivity index (χ1n) is 8.80. The van der Waals surface area contributed by atoms with Crippen LogP contribution in [0.25, 0.3) is 5.69 Å². The van der Waals surface area contributed by atoms with E-state index in [1.54, 1.807) is 47.4 Å². The minimum atomic E-state index is -4.77. The van der Waals surface area contributed by atoms with E-state index in [4.69, 9.17) is 0 Å². The van der Waals surface area contributed by atoms with Gasteiger partial charge in [-0.25, -0.2) is 4.68 Å². The van der Waals surface area contributed by atoms with Gasteiger partial charge in [0.05, 0.1) is 18.7 Å². The van der Waals surface area contributed by atoms with Gasteiger partial charge in [0.2, 0.25) is 11.8 Å². The van der Waals surface area contributed by atoms with Crippen molar-refractivity contribution in [3.05, 3.63) is 72.6 Å². The minimum absolute atomic E-state index is 0.0852. The number of anilines is 1. The van der Waals surface area contributed by atoms with Gasteiger partial charge in [0.1, 0.15) is 5.75 Å². The van der Waals surface area contributed by atoms with E-state index in [9.17, 15) is 22.8 Å². The highest BCUT2D eigenvalue weighted by molar-refractivity contribution is 5.94. The molecule has 7 nitrogen and oxygen atoms in total. The van der Waals surface area contributed by atoms with E-state index in [0.29, 0.717) is 11.3 Å². The third-order valence-electron chi connectivity index (χ3n) is 3.89. The Morgan fingerprint density at radius 1 is 1.00 bits per heavy atom. The molecule has 0 aliphatic carbocycles. The van der Waals surface area contributed by atoms with Gasteiger partial charge in [-0.15, -0.1) is 13.2 Å². The largest absolute Gasteiger partial charge is 0.573 e. The molecule has 1 heterocycles. The number of benzene rings is 2. The molecule has 3 aromatic rings. The van der Waals surface area contributed by atoms with Crippen molar-refractivity contribution in [1.82, 2.24) is 15.1 Å². The van der Waals surface area contributed by atoms with Crippen LogP contribution in [0.3, 0.4) is 0 Å². The van der Waals surface area contributed by atoms with E-state index < -0.39 is 18.2 Å². The molecule has 156 valence electrons. The summed E-state index contributed by atoms with van der Waals surface area (Å²) in [6.45, 7) is -0.241. The summed E-state index contributed by atoms with van der Waals surface area (Å²) in [6.07, 6.45) is -1.41. The number of nitrogens with one attached hydrogen (secondary N) is 2. The third-order valence-corrected chi connectivity index (χ3v) is 3.89. The second-order valence-corrected chi connectivity index (χ2v) is 6.19. The second kappa shape index (κ2) is 9.12. The molecule has 0 aliphatic rings. The van der Waals surface area contributed by atoms with Gasteiger partial charge in [-0.2, -0.15) is 5.10 Å². The Morgan fingerprint density at radius 3 is 2.30 bits per heavy atom.